The van der Waals surface area contributed by atoms with Gasteiger partial charge in [0, 0.05) is 0 Å². The van der Waals surface area contributed by atoms with Crippen LogP contribution in [0.2, 0.25) is 0 Å². The summed E-state index contributed by atoms with van der Waals surface area (Å²) in [5.74, 6) is 0. The number of unbranched alkanes of at least 4 members (excludes halogenated alkanes) is 8. The SMILES string of the molecule is C(CCCCCP1CCCC1)CCCCCP1CCCC1. The van der Waals surface area contributed by atoms with E-state index >= 15 is 0 Å². The van der Waals surface area contributed by atoms with Crippen molar-refractivity contribution in [2.24, 2.45) is 0 Å². The van der Waals surface area contributed by atoms with Crippen LogP contribution < -0.4 is 0 Å². The second-order valence-electron chi connectivity index (χ2n) is 7.28. The Morgan fingerprint density at radius 3 is 1.00 bits per heavy atom. The second-order valence-corrected chi connectivity index (χ2v) is 12.6. The molecule has 0 spiro atoms. The van der Waals surface area contributed by atoms with Gasteiger partial charge in [0.2, 0.25) is 0 Å². The summed E-state index contributed by atoms with van der Waals surface area (Å²) < 4.78 is 0. The molecule has 2 saturated heterocycles. The lowest BCUT2D eigenvalue weighted by Gasteiger charge is -2.09. The Balaban J connectivity index is 1.25. The molecule has 2 heteroatoms. The van der Waals surface area contributed by atoms with Crippen LogP contribution >= 0.6 is 15.8 Å². The molecule has 21 heavy (non-hydrogen) atoms. The Kier molecular flexibility index (Phi) is 10.7. The van der Waals surface area contributed by atoms with Crippen LogP contribution in [0.5, 0.6) is 0 Å². The van der Waals surface area contributed by atoms with Gasteiger partial charge in [0.25, 0.3) is 0 Å². The summed E-state index contributed by atoms with van der Waals surface area (Å²) in [6.07, 6.45) is 29.6. The van der Waals surface area contributed by atoms with Gasteiger partial charge < -0.3 is 0 Å². The van der Waals surface area contributed by atoms with E-state index in [4.69, 9.17) is 0 Å². The largest absolute Gasteiger partial charge is 0.107 e. The lowest BCUT2D eigenvalue weighted by molar-refractivity contribution is 0.573. The summed E-state index contributed by atoms with van der Waals surface area (Å²) in [6, 6.07) is 0. The van der Waals surface area contributed by atoms with Gasteiger partial charge in [-0.25, -0.2) is 0 Å². The van der Waals surface area contributed by atoms with Crippen LogP contribution in [0.1, 0.15) is 83.5 Å². The molecule has 0 saturated carbocycles. The fraction of sp³-hybridized carbons (Fsp3) is 1.00. The number of rotatable bonds is 12. The average molecular weight is 328 g/mol. The molecule has 0 radical (unpaired) electrons. The maximum Gasteiger partial charge on any atom is -0.0326 e. The van der Waals surface area contributed by atoms with Crippen LogP contribution in [0, 0.1) is 0 Å². The zero-order valence-electron chi connectivity index (χ0n) is 14.3. The third-order valence-electron chi connectivity index (χ3n) is 5.35. The summed E-state index contributed by atoms with van der Waals surface area (Å²) in [4.78, 5) is 0. The van der Waals surface area contributed by atoms with Crippen molar-refractivity contribution in [3.8, 4) is 0 Å². The Hall–Kier alpha value is 0.860. The lowest BCUT2D eigenvalue weighted by Crippen LogP contribution is -1.88. The van der Waals surface area contributed by atoms with Gasteiger partial charge >= 0.3 is 0 Å². The van der Waals surface area contributed by atoms with Crippen molar-refractivity contribution >= 4 is 15.8 Å². The molecule has 0 bridgehead atoms. The molecule has 2 rings (SSSR count). The Morgan fingerprint density at radius 2 is 0.667 bits per heavy atom. The predicted octanol–water partition coefficient (Wildman–Crippen LogP) is 7.05. The van der Waals surface area contributed by atoms with Crippen LogP contribution in [-0.2, 0) is 0 Å². The maximum absolute atomic E-state index is 1.61. The van der Waals surface area contributed by atoms with Crippen molar-refractivity contribution in [2.45, 2.75) is 83.5 Å². The summed E-state index contributed by atoms with van der Waals surface area (Å²) in [7, 11) is 1.04. The van der Waals surface area contributed by atoms with Crippen molar-refractivity contribution < 1.29 is 0 Å². The van der Waals surface area contributed by atoms with Crippen molar-refractivity contribution in [2.75, 3.05) is 37.0 Å². The van der Waals surface area contributed by atoms with Crippen molar-refractivity contribution in [3.63, 3.8) is 0 Å². The molecule has 0 aromatic heterocycles. The Morgan fingerprint density at radius 1 is 0.381 bits per heavy atom. The molecule has 2 aliphatic heterocycles. The minimum Gasteiger partial charge on any atom is -0.107 e. The quantitative estimate of drug-likeness (QED) is 0.266. The van der Waals surface area contributed by atoms with Crippen LogP contribution in [0.25, 0.3) is 0 Å². The van der Waals surface area contributed by atoms with E-state index < -0.39 is 0 Å². The van der Waals surface area contributed by atoms with Gasteiger partial charge in [-0.15, -0.1) is 15.8 Å². The van der Waals surface area contributed by atoms with Gasteiger partial charge in [-0.1, -0.05) is 44.9 Å². The van der Waals surface area contributed by atoms with E-state index in [2.05, 4.69) is 0 Å². The highest BCUT2D eigenvalue weighted by atomic mass is 31.1. The minimum absolute atomic E-state index is 0.518. The Bertz CT molecular complexity index is 206. The van der Waals surface area contributed by atoms with E-state index in [1.54, 1.807) is 75.5 Å². The highest BCUT2D eigenvalue weighted by molar-refractivity contribution is 7.58. The first-order valence-corrected chi connectivity index (χ1v) is 13.7. The fourth-order valence-corrected chi connectivity index (χ4v) is 9.29. The minimum atomic E-state index is 0.518. The molecule has 0 amide bonds. The lowest BCUT2D eigenvalue weighted by atomic mass is 10.1. The molecular weight excluding hydrogens is 290 g/mol. The molecule has 0 N–H and O–H groups in total. The molecule has 2 fully saturated rings. The van der Waals surface area contributed by atoms with Crippen LogP contribution in [0.3, 0.4) is 0 Å². The van der Waals surface area contributed by atoms with Crippen LogP contribution in [-0.4, -0.2) is 37.0 Å². The standard InChI is InChI=1S/C19H38P2/c1(2-4-6-8-14-20-16-10-11-17-20)3-5-7-9-15-21-18-12-13-19-21/h1-19H2. The normalized spacial score (nSPS) is 20.6. The first-order valence-electron chi connectivity index (χ1n) is 9.90. The van der Waals surface area contributed by atoms with Gasteiger partial charge in [0.05, 0.1) is 0 Å². The molecule has 2 aliphatic rings. The van der Waals surface area contributed by atoms with E-state index in [1.807, 2.05) is 0 Å². The van der Waals surface area contributed by atoms with E-state index in [9.17, 15) is 0 Å². The van der Waals surface area contributed by atoms with Crippen LogP contribution in [0.15, 0.2) is 0 Å². The van der Waals surface area contributed by atoms with Gasteiger partial charge in [0.15, 0.2) is 0 Å². The predicted molar refractivity (Wildman–Crippen MR) is 103 cm³/mol. The first-order chi connectivity index (χ1) is 10.4. The molecule has 0 nitrogen and oxygen atoms in total. The third-order valence-corrected chi connectivity index (χ3v) is 11.0. The monoisotopic (exact) mass is 328 g/mol. The summed E-state index contributed by atoms with van der Waals surface area (Å²) in [5, 5.41) is 0. The molecule has 0 atom stereocenters. The average Bonchev–Trinajstić information content (AvgIpc) is 3.18. The molecule has 0 unspecified atom stereocenters. The zero-order valence-corrected chi connectivity index (χ0v) is 16.1. The molecular formula is C19H38P2. The van der Waals surface area contributed by atoms with Crippen molar-refractivity contribution in [1.29, 1.82) is 0 Å². The van der Waals surface area contributed by atoms with Gasteiger partial charge in [-0.2, -0.15) is 0 Å². The van der Waals surface area contributed by atoms with Gasteiger partial charge in [-0.05, 0) is 75.5 Å². The van der Waals surface area contributed by atoms with Crippen LogP contribution in [0.4, 0.5) is 0 Å². The molecule has 124 valence electrons. The molecule has 0 aliphatic carbocycles. The third kappa shape index (κ3) is 8.91. The highest BCUT2D eigenvalue weighted by Gasteiger charge is 2.13. The summed E-state index contributed by atoms with van der Waals surface area (Å²) in [5.41, 5.74) is 0. The topological polar surface area (TPSA) is 0 Å². The number of hydrogen-bond donors (Lipinski definition) is 0. The highest BCUT2D eigenvalue weighted by Crippen LogP contribution is 2.44. The fourth-order valence-electron chi connectivity index (χ4n) is 3.92. The zero-order chi connectivity index (χ0) is 14.6. The summed E-state index contributed by atoms with van der Waals surface area (Å²) in [6.45, 7) is 0. The van der Waals surface area contributed by atoms with E-state index in [-0.39, 0.29) is 0 Å². The van der Waals surface area contributed by atoms with Gasteiger partial charge in [-0.3, -0.25) is 0 Å². The molecule has 0 aromatic carbocycles. The second kappa shape index (κ2) is 12.3. The summed E-state index contributed by atoms with van der Waals surface area (Å²) >= 11 is 0. The van der Waals surface area contributed by atoms with E-state index in [0.717, 1.165) is 0 Å². The van der Waals surface area contributed by atoms with Gasteiger partial charge in [0.1, 0.15) is 0 Å². The molecule has 0 aromatic rings. The van der Waals surface area contributed by atoms with E-state index in [1.165, 1.54) is 44.9 Å². The maximum atomic E-state index is 1.61. The molecule has 2 heterocycles. The van der Waals surface area contributed by atoms with E-state index in [0.29, 0.717) is 15.8 Å². The Labute approximate surface area is 136 Å². The smallest absolute Gasteiger partial charge is 0.0326 e. The first kappa shape index (κ1) is 18.2. The van der Waals surface area contributed by atoms with Crippen molar-refractivity contribution in [3.05, 3.63) is 0 Å². The number of hydrogen-bond acceptors (Lipinski definition) is 0. The van der Waals surface area contributed by atoms with Crippen molar-refractivity contribution in [1.82, 2.24) is 0 Å².